The Labute approximate surface area is 132 Å². The van der Waals surface area contributed by atoms with Gasteiger partial charge < -0.3 is 4.74 Å². The van der Waals surface area contributed by atoms with Crippen molar-refractivity contribution in [2.24, 2.45) is 0 Å². The van der Waals surface area contributed by atoms with Crippen LogP contribution in [0.4, 0.5) is 0 Å². The summed E-state index contributed by atoms with van der Waals surface area (Å²) >= 11 is 0. The van der Waals surface area contributed by atoms with Crippen LogP contribution in [0, 0.1) is 0 Å². The Balaban J connectivity index is 3.03. The molecule has 0 aromatic carbocycles. The van der Waals surface area contributed by atoms with E-state index in [1.54, 1.807) is 0 Å². The molecule has 0 N–H and O–H groups in total. The third-order valence-electron chi connectivity index (χ3n) is 3.82. The molecule has 0 aliphatic carbocycles. The van der Waals surface area contributed by atoms with Crippen molar-refractivity contribution in [2.75, 3.05) is 6.61 Å². The molecule has 0 aromatic rings. The summed E-state index contributed by atoms with van der Waals surface area (Å²) in [5.74, 6) is 0. The van der Waals surface area contributed by atoms with Gasteiger partial charge in [-0.3, -0.25) is 0 Å². The highest BCUT2D eigenvalue weighted by molar-refractivity contribution is 5.37. The van der Waals surface area contributed by atoms with Gasteiger partial charge in [0, 0.05) is 0 Å². The van der Waals surface area contributed by atoms with Crippen LogP contribution >= 0.6 is 0 Å². The van der Waals surface area contributed by atoms with Gasteiger partial charge in [-0.2, -0.15) is 0 Å². The number of hydrogen-bond donors (Lipinski definition) is 0. The minimum absolute atomic E-state index is 0.532. The van der Waals surface area contributed by atoms with Gasteiger partial charge in [0.15, 0.2) is 0 Å². The van der Waals surface area contributed by atoms with E-state index in [0.717, 1.165) is 12.8 Å². The maximum atomic E-state index is 9.81. The Morgan fingerprint density at radius 3 is 1.71 bits per heavy atom. The number of hydrogen-bond acceptors (Lipinski definition) is 2. The molecule has 1 radical (unpaired) electrons. The van der Waals surface area contributed by atoms with Gasteiger partial charge in [0.25, 0.3) is 0 Å². The van der Waals surface area contributed by atoms with Crippen LogP contribution in [-0.2, 0) is 9.53 Å². The van der Waals surface area contributed by atoms with Gasteiger partial charge in [-0.05, 0) is 32.1 Å². The average molecular weight is 295 g/mol. The molecule has 0 amide bonds. The molecule has 123 valence electrons. The average Bonchev–Trinajstić information content (AvgIpc) is 2.50. The van der Waals surface area contributed by atoms with Crippen molar-refractivity contribution in [3.8, 4) is 0 Å². The van der Waals surface area contributed by atoms with Crippen LogP contribution in [0.1, 0.15) is 96.8 Å². The first-order chi connectivity index (χ1) is 10.4. The molecule has 0 fully saturated rings. The Bertz CT molecular complexity index is 224. The number of rotatable bonds is 17. The number of carbonyl (C=O) groups excluding carboxylic acids is 1. The van der Waals surface area contributed by atoms with E-state index in [2.05, 4.69) is 23.8 Å². The zero-order valence-corrected chi connectivity index (χ0v) is 14.1. The Morgan fingerprint density at radius 1 is 0.714 bits per heavy atom. The van der Waals surface area contributed by atoms with E-state index in [4.69, 9.17) is 0 Å². The summed E-state index contributed by atoms with van der Waals surface area (Å²) in [6, 6.07) is 0. The lowest BCUT2D eigenvalue weighted by atomic mass is 10.1. The van der Waals surface area contributed by atoms with Crippen LogP contribution in [-0.4, -0.2) is 13.1 Å². The van der Waals surface area contributed by atoms with E-state index in [-0.39, 0.29) is 0 Å². The van der Waals surface area contributed by atoms with Gasteiger partial charge in [0.1, 0.15) is 0 Å². The highest BCUT2D eigenvalue weighted by atomic mass is 16.5. The van der Waals surface area contributed by atoms with Crippen LogP contribution in [0.25, 0.3) is 0 Å². The third kappa shape index (κ3) is 19.2. The monoisotopic (exact) mass is 295 g/mol. The summed E-state index contributed by atoms with van der Waals surface area (Å²) in [6.45, 7) is 4.26. The predicted molar refractivity (Wildman–Crippen MR) is 91.1 cm³/mol. The molecule has 2 nitrogen and oxygen atoms in total. The minimum Gasteiger partial charge on any atom is -0.457 e. The molecule has 0 aliphatic heterocycles. The molecule has 0 aromatic heterocycles. The molecule has 0 unspecified atom stereocenters. The van der Waals surface area contributed by atoms with Crippen LogP contribution in [0.3, 0.4) is 0 Å². The van der Waals surface area contributed by atoms with Gasteiger partial charge in [0.2, 0.25) is 0 Å². The molecular formula is C19H35O2. The first kappa shape index (κ1) is 20.2. The third-order valence-corrected chi connectivity index (χ3v) is 3.82. The lowest BCUT2D eigenvalue weighted by molar-refractivity contribution is 0.268. The number of allylic oxidation sites excluding steroid dienone is 2. The second kappa shape index (κ2) is 19.2. The van der Waals surface area contributed by atoms with Crippen molar-refractivity contribution in [1.29, 1.82) is 0 Å². The van der Waals surface area contributed by atoms with E-state index in [9.17, 15) is 4.79 Å². The van der Waals surface area contributed by atoms with Crippen molar-refractivity contribution >= 4 is 6.47 Å². The lowest BCUT2D eigenvalue weighted by Gasteiger charge is -2.00. The topological polar surface area (TPSA) is 26.3 Å². The molecule has 21 heavy (non-hydrogen) atoms. The minimum atomic E-state index is 0.532. The second-order valence-corrected chi connectivity index (χ2v) is 5.87. The first-order valence-corrected chi connectivity index (χ1v) is 9.05. The SMILES string of the molecule is CCCCCCCC/C=C\CCCCCCCCO[C]=O. The maximum absolute atomic E-state index is 9.81. The molecule has 0 aliphatic rings. The van der Waals surface area contributed by atoms with Crippen LogP contribution in [0.5, 0.6) is 0 Å². The summed E-state index contributed by atoms with van der Waals surface area (Å²) < 4.78 is 4.54. The largest absolute Gasteiger partial charge is 0.457 e. The Morgan fingerprint density at radius 2 is 1.19 bits per heavy atom. The summed E-state index contributed by atoms with van der Waals surface area (Å²) in [5.41, 5.74) is 0. The molecule has 0 heterocycles. The molecule has 0 rings (SSSR count). The fourth-order valence-corrected chi connectivity index (χ4v) is 2.46. The van der Waals surface area contributed by atoms with Gasteiger partial charge in [-0.25, -0.2) is 4.79 Å². The maximum Gasteiger partial charge on any atom is 0.417 e. The number of unbranched alkanes of at least 4 members (excludes halogenated alkanes) is 12. The molecule has 0 saturated heterocycles. The fraction of sp³-hybridized carbons (Fsp3) is 0.842. The van der Waals surface area contributed by atoms with E-state index in [1.807, 2.05) is 0 Å². The molecule has 0 bridgehead atoms. The zero-order valence-electron chi connectivity index (χ0n) is 14.1. The molecule has 0 saturated carbocycles. The Hall–Kier alpha value is -0.790. The highest BCUT2D eigenvalue weighted by Gasteiger charge is 1.92. The van der Waals surface area contributed by atoms with E-state index < -0.39 is 0 Å². The predicted octanol–water partition coefficient (Wildman–Crippen LogP) is 6.11. The van der Waals surface area contributed by atoms with Gasteiger partial charge >= 0.3 is 6.47 Å². The normalized spacial score (nSPS) is 11.1. The van der Waals surface area contributed by atoms with E-state index in [0.29, 0.717) is 6.61 Å². The summed E-state index contributed by atoms with van der Waals surface area (Å²) in [5, 5.41) is 0. The van der Waals surface area contributed by atoms with Crippen LogP contribution in [0.2, 0.25) is 0 Å². The summed E-state index contributed by atoms with van der Waals surface area (Å²) in [6.07, 6.45) is 22.9. The molecule has 0 spiro atoms. The van der Waals surface area contributed by atoms with Crippen molar-refractivity contribution in [3.63, 3.8) is 0 Å². The smallest absolute Gasteiger partial charge is 0.417 e. The number of ether oxygens (including phenoxy) is 1. The summed E-state index contributed by atoms with van der Waals surface area (Å²) in [4.78, 5) is 9.81. The lowest BCUT2D eigenvalue weighted by Crippen LogP contribution is -1.91. The van der Waals surface area contributed by atoms with Gasteiger partial charge in [-0.15, -0.1) is 0 Å². The van der Waals surface area contributed by atoms with Crippen molar-refractivity contribution in [3.05, 3.63) is 12.2 Å². The zero-order chi connectivity index (χ0) is 15.4. The quantitative estimate of drug-likeness (QED) is 0.239. The molecular weight excluding hydrogens is 260 g/mol. The van der Waals surface area contributed by atoms with Crippen LogP contribution in [0.15, 0.2) is 12.2 Å². The van der Waals surface area contributed by atoms with E-state index >= 15 is 0 Å². The van der Waals surface area contributed by atoms with Crippen molar-refractivity contribution in [2.45, 2.75) is 96.8 Å². The Kier molecular flexibility index (Phi) is 18.5. The van der Waals surface area contributed by atoms with Gasteiger partial charge in [0.05, 0.1) is 6.61 Å². The molecule has 0 atom stereocenters. The van der Waals surface area contributed by atoms with Crippen molar-refractivity contribution < 1.29 is 9.53 Å². The first-order valence-electron chi connectivity index (χ1n) is 9.05. The van der Waals surface area contributed by atoms with E-state index in [1.165, 1.54) is 83.5 Å². The van der Waals surface area contributed by atoms with Crippen molar-refractivity contribution in [1.82, 2.24) is 0 Å². The fourth-order valence-electron chi connectivity index (χ4n) is 2.46. The second-order valence-electron chi connectivity index (χ2n) is 5.87. The van der Waals surface area contributed by atoms with Crippen LogP contribution < -0.4 is 0 Å². The van der Waals surface area contributed by atoms with Gasteiger partial charge in [-0.1, -0.05) is 76.9 Å². The molecule has 2 heteroatoms. The summed E-state index contributed by atoms with van der Waals surface area (Å²) in [7, 11) is 0. The standard InChI is InChI=1S/C19H35O2/c1-2-3-4-5-6-7-8-9-10-11-12-13-14-15-16-17-18-21-19-20/h9-10H,2-8,11-18H2,1H3/b10-9-. The highest BCUT2D eigenvalue weighted by Crippen LogP contribution is 2.09.